The van der Waals surface area contributed by atoms with Gasteiger partial charge >= 0.3 is 12.1 Å². The van der Waals surface area contributed by atoms with Crippen LogP contribution in [-0.4, -0.2) is 45.6 Å². The largest absolute Gasteiger partial charge is 0.481 e. The highest BCUT2D eigenvalue weighted by atomic mass is 19.4. The Kier molecular flexibility index (Phi) is 10.6. The van der Waals surface area contributed by atoms with E-state index in [9.17, 15) is 32.7 Å². The summed E-state index contributed by atoms with van der Waals surface area (Å²) in [5, 5.41) is 13.0. The average molecular weight is 706 g/mol. The molecule has 6 rings (SSSR count). The number of aromatic nitrogens is 1. The maximum Gasteiger partial charge on any atom is 0.416 e. The van der Waals surface area contributed by atoms with Crippen LogP contribution < -0.4 is 10.9 Å². The van der Waals surface area contributed by atoms with E-state index < -0.39 is 53.6 Å². The van der Waals surface area contributed by atoms with Gasteiger partial charge in [-0.3, -0.25) is 14.4 Å². The first-order chi connectivity index (χ1) is 24.1. The summed E-state index contributed by atoms with van der Waals surface area (Å²) >= 11 is 0. The number of aryl methyl sites for hydroxylation is 4. The molecule has 2 N–H and O–H groups in total. The average Bonchev–Trinajstić information content (AvgIpc) is 3.78. The lowest BCUT2D eigenvalue weighted by Gasteiger charge is -2.34. The number of carbonyl (C=O) groups excluding carboxylic acids is 1. The monoisotopic (exact) mass is 705 g/mol. The van der Waals surface area contributed by atoms with E-state index in [0.29, 0.717) is 43.6 Å². The zero-order valence-corrected chi connectivity index (χ0v) is 30.3. The highest BCUT2D eigenvalue weighted by Gasteiger charge is 2.40. The summed E-state index contributed by atoms with van der Waals surface area (Å²) < 4.78 is 44.4. The van der Waals surface area contributed by atoms with Gasteiger partial charge in [-0.25, -0.2) is 0 Å². The summed E-state index contributed by atoms with van der Waals surface area (Å²) in [5.41, 5.74) is 6.76. The van der Waals surface area contributed by atoms with Crippen LogP contribution in [0.25, 0.3) is 11.1 Å². The summed E-state index contributed by atoms with van der Waals surface area (Å²) in [5.74, 6) is -2.17. The van der Waals surface area contributed by atoms with Crippen LogP contribution in [0.15, 0.2) is 41.3 Å². The second kappa shape index (κ2) is 14.6. The lowest BCUT2D eigenvalue weighted by molar-refractivity contribution is -0.139. The van der Waals surface area contributed by atoms with Crippen molar-refractivity contribution in [2.24, 2.45) is 5.92 Å². The molecular formula is C41H50F3N3O4. The summed E-state index contributed by atoms with van der Waals surface area (Å²) in [7, 11) is 0. The first-order valence-corrected chi connectivity index (χ1v) is 18.4. The summed E-state index contributed by atoms with van der Waals surface area (Å²) in [6.07, 6.45) is 2.40. The molecule has 0 unspecified atom stereocenters. The molecule has 3 aromatic rings. The van der Waals surface area contributed by atoms with Crippen LogP contribution in [0.4, 0.5) is 13.2 Å². The van der Waals surface area contributed by atoms with Crippen LogP contribution in [0.1, 0.15) is 121 Å². The molecule has 1 saturated heterocycles. The molecule has 7 nitrogen and oxygen atoms in total. The minimum atomic E-state index is -4.72. The van der Waals surface area contributed by atoms with Crippen molar-refractivity contribution < 1.29 is 27.9 Å². The second-order valence-electron chi connectivity index (χ2n) is 15.6. The van der Waals surface area contributed by atoms with Gasteiger partial charge < -0.3 is 19.9 Å². The molecule has 3 aliphatic rings. The molecule has 274 valence electrons. The molecule has 0 bridgehead atoms. The number of carboxylic acid groups (broad SMARTS) is 1. The first-order valence-electron chi connectivity index (χ1n) is 18.4. The number of nitrogens with zero attached hydrogens (tertiary/aromatic N) is 2. The Balaban J connectivity index is 1.38. The topological polar surface area (TPSA) is 91.6 Å². The van der Waals surface area contributed by atoms with Gasteiger partial charge in [0, 0.05) is 18.3 Å². The third-order valence-electron chi connectivity index (χ3n) is 11.1. The number of aliphatic carboxylic acids is 1. The number of carbonyl (C=O) groups is 2. The number of carboxylic acids is 1. The highest BCUT2D eigenvalue weighted by molar-refractivity contribution is 5.82. The van der Waals surface area contributed by atoms with Crippen molar-refractivity contribution in [3.8, 4) is 11.1 Å². The van der Waals surface area contributed by atoms with E-state index in [4.69, 9.17) is 0 Å². The Bertz CT molecular complexity index is 1850. The number of piperidine rings is 1. The zero-order valence-electron chi connectivity index (χ0n) is 30.3. The van der Waals surface area contributed by atoms with Gasteiger partial charge in [0.1, 0.15) is 6.04 Å². The molecule has 0 radical (unpaired) electrons. The van der Waals surface area contributed by atoms with E-state index in [-0.39, 0.29) is 17.9 Å². The van der Waals surface area contributed by atoms with Gasteiger partial charge in [-0.05, 0) is 148 Å². The number of fused-ring (bicyclic) bond motifs is 1. The minimum absolute atomic E-state index is 0.0493. The summed E-state index contributed by atoms with van der Waals surface area (Å²) in [6.45, 7) is 11.4. The van der Waals surface area contributed by atoms with Crippen LogP contribution in [0, 0.1) is 26.7 Å². The molecule has 2 heterocycles. The quantitative estimate of drug-likeness (QED) is 0.210. The minimum Gasteiger partial charge on any atom is -0.481 e. The van der Waals surface area contributed by atoms with Gasteiger partial charge in [-0.2, -0.15) is 13.2 Å². The number of amides is 1. The number of hydrogen-bond acceptors (Lipinski definition) is 4. The van der Waals surface area contributed by atoms with Crippen molar-refractivity contribution >= 4 is 11.9 Å². The van der Waals surface area contributed by atoms with Gasteiger partial charge in [-0.1, -0.05) is 37.6 Å². The van der Waals surface area contributed by atoms with Crippen LogP contribution >= 0.6 is 0 Å². The number of benzene rings is 2. The van der Waals surface area contributed by atoms with Gasteiger partial charge in [-0.15, -0.1) is 0 Å². The molecular weight excluding hydrogens is 655 g/mol. The van der Waals surface area contributed by atoms with Gasteiger partial charge in [0.2, 0.25) is 5.91 Å². The van der Waals surface area contributed by atoms with Crippen molar-refractivity contribution in [2.75, 3.05) is 13.1 Å². The normalized spacial score (nSPS) is 18.1. The third-order valence-corrected chi connectivity index (χ3v) is 11.1. The molecule has 1 aromatic heterocycles. The number of hydrogen-bond donors (Lipinski definition) is 2. The van der Waals surface area contributed by atoms with Crippen LogP contribution in [-0.2, 0) is 28.6 Å². The van der Waals surface area contributed by atoms with E-state index in [1.54, 1.807) is 0 Å². The van der Waals surface area contributed by atoms with Crippen molar-refractivity contribution in [3.05, 3.63) is 91.4 Å². The highest BCUT2D eigenvalue weighted by Crippen LogP contribution is 2.42. The number of alkyl halides is 3. The van der Waals surface area contributed by atoms with E-state index in [1.807, 2.05) is 26.0 Å². The molecule has 2 aliphatic carbocycles. The van der Waals surface area contributed by atoms with Crippen molar-refractivity contribution in [2.45, 2.75) is 123 Å². The van der Waals surface area contributed by atoms with Crippen molar-refractivity contribution in [1.82, 2.24) is 14.8 Å². The predicted molar refractivity (Wildman–Crippen MR) is 192 cm³/mol. The van der Waals surface area contributed by atoms with Crippen LogP contribution in [0.3, 0.4) is 0 Å². The van der Waals surface area contributed by atoms with Crippen LogP contribution in [0.5, 0.6) is 0 Å². The lowest BCUT2D eigenvalue weighted by atomic mass is 9.86. The molecule has 0 spiro atoms. The standard InChI is InChI=1S/C41H50F3N3O4/c1-23(2)15-36(47-22-33(34(20-37(47)48)41(42,43)44)27-11-13-46(14-12-27)30-9-10-30)40(51)45-35(21-38(49)50)29-18-28-7-6-8-31(28)32(19-29)39-25(4)16-24(3)17-26(39)5/h16-20,22-23,27,30,35-36H,6-15,21H2,1-5H3,(H,45,51)(H,49,50)/t35-,36-/m0/s1. The van der Waals surface area contributed by atoms with Crippen molar-refractivity contribution in [1.29, 1.82) is 0 Å². The molecule has 2 aromatic carbocycles. The number of rotatable bonds is 11. The van der Waals surface area contributed by atoms with Crippen molar-refractivity contribution in [3.63, 3.8) is 0 Å². The predicted octanol–water partition coefficient (Wildman–Crippen LogP) is 8.21. The number of nitrogens with one attached hydrogen (secondary N) is 1. The fraction of sp³-hybridized carbons (Fsp3) is 0.537. The summed E-state index contributed by atoms with van der Waals surface area (Å²) in [4.78, 5) is 42.5. The molecule has 1 saturated carbocycles. The Morgan fingerprint density at radius 3 is 2.22 bits per heavy atom. The fourth-order valence-electron chi connectivity index (χ4n) is 8.64. The van der Waals surface area contributed by atoms with Gasteiger partial charge in [0.25, 0.3) is 5.56 Å². The van der Waals surface area contributed by atoms with E-state index in [1.165, 1.54) is 11.8 Å². The Labute approximate surface area is 298 Å². The number of halogens is 3. The van der Waals surface area contributed by atoms with E-state index in [0.717, 1.165) is 70.1 Å². The number of pyridine rings is 1. The third kappa shape index (κ3) is 8.11. The van der Waals surface area contributed by atoms with E-state index in [2.05, 4.69) is 43.1 Å². The van der Waals surface area contributed by atoms with Crippen LogP contribution in [0.2, 0.25) is 0 Å². The molecule has 51 heavy (non-hydrogen) atoms. The molecule has 2 fully saturated rings. The molecule has 1 amide bonds. The molecule has 2 atom stereocenters. The lowest BCUT2D eigenvalue weighted by Crippen LogP contribution is -2.41. The molecule has 10 heteroatoms. The maximum atomic E-state index is 14.4. The Hall–Kier alpha value is -3.92. The van der Waals surface area contributed by atoms with Gasteiger partial charge in [0.05, 0.1) is 18.0 Å². The number of likely N-dealkylation sites (tertiary alicyclic amines) is 1. The van der Waals surface area contributed by atoms with Gasteiger partial charge in [0.15, 0.2) is 0 Å². The SMILES string of the molecule is Cc1cc(C)c(-c2cc([C@H](CC(=O)O)NC(=O)[C@H](CC(C)C)n3cc(C4CCN(C5CC5)CC4)c(C(F)(F)F)cc3=O)cc3c2CCC3)c(C)c1. The fourth-order valence-corrected chi connectivity index (χ4v) is 8.64. The Morgan fingerprint density at radius 1 is 0.961 bits per heavy atom. The van der Waals surface area contributed by atoms with E-state index >= 15 is 0 Å². The smallest absolute Gasteiger partial charge is 0.416 e. The maximum absolute atomic E-state index is 14.4. The second-order valence-corrected chi connectivity index (χ2v) is 15.6. The Morgan fingerprint density at radius 2 is 1.63 bits per heavy atom. The first kappa shape index (κ1) is 36.9. The molecule has 1 aliphatic heterocycles. The summed E-state index contributed by atoms with van der Waals surface area (Å²) in [6, 6.07) is 7.38. The zero-order chi connectivity index (χ0) is 36.8.